The molecule has 1 aromatic rings. The van der Waals surface area contributed by atoms with Gasteiger partial charge in [0, 0.05) is 12.1 Å². The molecule has 1 heterocycles. The molecule has 0 radical (unpaired) electrons. The summed E-state index contributed by atoms with van der Waals surface area (Å²) in [6.45, 7) is 6.34. The first-order valence-corrected chi connectivity index (χ1v) is 7.00. The van der Waals surface area contributed by atoms with Crippen molar-refractivity contribution in [1.82, 2.24) is 9.97 Å². The van der Waals surface area contributed by atoms with E-state index in [0.29, 0.717) is 24.0 Å². The van der Waals surface area contributed by atoms with Crippen LogP contribution in [0.25, 0.3) is 0 Å². The molecule has 0 atom stereocenters. The van der Waals surface area contributed by atoms with Gasteiger partial charge in [0.2, 0.25) is 11.8 Å². The van der Waals surface area contributed by atoms with Crippen LogP contribution in [0.4, 0.5) is 17.5 Å². The Morgan fingerprint density at radius 1 is 1.35 bits per heavy atom. The zero-order valence-corrected chi connectivity index (χ0v) is 12.2. The summed E-state index contributed by atoms with van der Waals surface area (Å²) >= 11 is 0. The Kier molecular flexibility index (Phi) is 4.06. The van der Waals surface area contributed by atoms with Crippen molar-refractivity contribution < 1.29 is 4.92 Å². The van der Waals surface area contributed by atoms with Crippen LogP contribution in [0.3, 0.4) is 0 Å². The average Bonchev–Trinajstić information content (AvgIpc) is 2.75. The largest absolute Gasteiger partial charge is 0.359 e. The maximum atomic E-state index is 11.3. The first kappa shape index (κ1) is 14.5. The monoisotopic (exact) mass is 279 g/mol. The standard InChI is InChI=1S/C13H21N5O2/c1-4-14-12-15-9(2)10(18(19)20)11(16-12)17-13(3)7-5-6-8-13/h4-8H2,1-3H3,(H2,14,15,16,17). The van der Waals surface area contributed by atoms with Crippen LogP contribution in [0.15, 0.2) is 0 Å². The molecule has 1 saturated carbocycles. The number of aromatic nitrogens is 2. The third-order valence-electron chi connectivity index (χ3n) is 3.70. The van der Waals surface area contributed by atoms with Crippen LogP contribution < -0.4 is 10.6 Å². The third-order valence-corrected chi connectivity index (χ3v) is 3.70. The lowest BCUT2D eigenvalue weighted by Gasteiger charge is -2.26. The second-order valence-electron chi connectivity index (χ2n) is 5.51. The summed E-state index contributed by atoms with van der Waals surface area (Å²) in [7, 11) is 0. The summed E-state index contributed by atoms with van der Waals surface area (Å²) in [5.74, 6) is 0.752. The van der Waals surface area contributed by atoms with Gasteiger partial charge < -0.3 is 10.6 Å². The van der Waals surface area contributed by atoms with Gasteiger partial charge in [-0.15, -0.1) is 0 Å². The Morgan fingerprint density at radius 2 is 2.00 bits per heavy atom. The van der Waals surface area contributed by atoms with Crippen molar-refractivity contribution in [3.63, 3.8) is 0 Å². The van der Waals surface area contributed by atoms with Gasteiger partial charge in [0.1, 0.15) is 5.69 Å². The van der Waals surface area contributed by atoms with Gasteiger partial charge in [-0.2, -0.15) is 4.98 Å². The Morgan fingerprint density at radius 3 is 2.55 bits per heavy atom. The molecule has 0 aliphatic heterocycles. The van der Waals surface area contributed by atoms with E-state index >= 15 is 0 Å². The first-order chi connectivity index (χ1) is 9.45. The molecule has 7 nitrogen and oxygen atoms in total. The molecule has 1 aliphatic rings. The lowest BCUT2D eigenvalue weighted by Crippen LogP contribution is -2.32. The van der Waals surface area contributed by atoms with Gasteiger partial charge in [0.25, 0.3) is 0 Å². The number of nitrogens with one attached hydrogen (secondary N) is 2. The van der Waals surface area contributed by atoms with E-state index in [0.717, 1.165) is 25.7 Å². The molecule has 1 aliphatic carbocycles. The van der Waals surface area contributed by atoms with Gasteiger partial charge in [-0.05, 0) is 33.6 Å². The molecule has 0 saturated heterocycles. The summed E-state index contributed by atoms with van der Waals surface area (Å²) in [5.41, 5.74) is 0.236. The number of nitro groups is 1. The van der Waals surface area contributed by atoms with Crippen molar-refractivity contribution >= 4 is 17.5 Å². The fraction of sp³-hybridized carbons (Fsp3) is 0.692. The zero-order valence-electron chi connectivity index (χ0n) is 12.2. The second kappa shape index (κ2) is 5.60. The molecule has 20 heavy (non-hydrogen) atoms. The molecule has 0 unspecified atom stereocenters. The molecule has 0 amide bonds. The van der Waals surface area contributed by atoms with Crippen molar-refractivity contribution in [2.24, 2.45) is 0 Å². The molecule has 1 aromatic heterocycles. The SMILES string of the molecule is CCNc1nc(C)c([N+](=O)[O-])c(NC2(C)CCCC2)n1. The minimum absolute atomic E-state index is 0.0280. The van der Waals surface area contributed by atoms with Crippen LogP contribution in [0.5, 0.6) is 0 Å². The lowest BCUT2D eigenvalue weighted by atomic mass is 10.0. The van der Waals surface area contributed by atoms with E-state index < -0.39 is 4.92 Å². The van der Waals surface area contributed by atoms with E-state index in [-0.39, 0.29) is 11.2 Å². The molecule has 1 fully saturated rings. The zero-order chi connectivity index (χ0) is 14.8. The van der Waals surface area contributed by atoms with Crippen molar-refractivity contribution in [3.05, 3.63) is 15.8 Å². The maximum absolute atomic E-state index is 11.3. The molecule has 0 spiro atoms. The lowest BCUT2D eigenvalue weighted by molar-refractivity contribution is -0.385. The normalized spacial score (nSPS) is 16.9. The molecule has 110 valence electrons. The minimum Gasteiger partial charge on any atom is -0.359 e. The maximum Gasteiger partial charge on any atom is 0.332 e. The summed E-state index contributed by atoms with van der Waals surface area (Å²) in [6, 6.07) is 0. The summed E-state index contributed by atoms with van der Waals surface area (Å²) < 4.78 is 0. The smallest absolute Gasteiger partial charge is 0.332 e. The topological polar surface area (TPSA) is 93.0 Å². The number of anilines is 2. The van der Waals surface area contributed by atoms with Crippen LogP contribution in [0.2, 0.25) is 0 Å². The highest BCUT2D eigenvalue weighted by Crippen LogP contribution is 2.36. The summed E-state index contributed by atoms with van der Waals surface area (Å²) in [6.07, 6.45) is 4.29. The number of hydrogen-bond donors (Lipinski definition) is 2. The fourth-order valence-electron chi connectivity index (χ4n) is 2.68. The van der Waals surface area contributed by atoms with Crippen LogP contribution in [-0.2, 0) is 0 Å². The quantitative estimate of drug-likeness (QED) is 0.636. The van der Waals surface area contributed by atoms with E-state index in [4.69, 9.17) is 0 Å². The average molecular weight is 279 g/mol. The molecule has 2 N–H and O–H groups in total. The highest BCUT2D eigenvalue weighted by Gasteiger charge is 2.32. The minimum atomic E-state index is -0.411. The summed E-state index contributed by atoms with van der Waals surface area (Å²) in [5, 5.41) is 17.5. The molecule has 7 heteroatoms. The highest BCUT2D eigenvalue weighted by atomic mass is 16.6. The Labute approximate surface area is 118 Å². The van der Waals surface area contributed by atoms with Crippen molar-refractivity contribution in [3.8, 4) is 0 Å². The predicted molar refractivity (Wildman–Crippen MR) is 78.1 cm³/mol. The Balaban J connectivity index is 2.39. The van der Waals surface area contributed by atoms with Crippen molar-refractivity contribution in [2.45, 2.75) is 52.0 Å². The van der Waals surface area contributed by atoms with Crippen molar-refractivity contribution in [2.75, 3.05) is 17.2 Å². The number of nitrogens with zero attached hydrogens (tertiary/aromatic N) is 3. The Bertz CT molecular complexity index is 512. The first-order valence-electron chi connectivity index (χ1n) is 7.00. The van der Waals surface area contributed by atoms with Gasteiger partial charge in [-0.3, -0.25) is 10.1 Å². The molecule has 0 aromatic carbocycles. The van der Waals surface area contributed by atoms with Gasteiger partial charge in [0.05, 0.1) is 4.92 Å². The van der Waals surface area contributed by atoms with Gasteiger partial charge in [-0.1, -0.05) is 12.8 Å². The van der Waals surface area contributed by atoms with Crippen molar-refractivity contribution in [1.29, 1.82) is 0 Å². The summed E-state index contributed by atoms with van der Waals surface area (Å²) in [4.78, 5) is 19.3. The van der Waals surface area contributed by atoms with E-state index in [2.05, 4.69) is 27.5 Å². The molecular formula is C13H21N5O2. The van der Waals surface area contributed by atoms with Crippen LogP contribution in [0.1, 0.15) is 45.2 Å². The fourth-order valence-corrected chi connectivity index (χ4v) is 2.68. The Hall–Kier alpha value is -1.92. The predicted octanol–water partition coefficient (Wildman–Crippen LogP) is 2.87. The molecular weight excluding hydrogens is 258 g/mol. The number of hydrogen-bond acceptors (Lipinski definition) is 6. The third kappa shape index (κ3) is 2.97. The van der Waals surface area contributed by atoms with Gasteiger partial charge >= 0.3 is 5.69 Å². The van der Waals surface area contributed by atoms with Crippen LogP contribution in [0, 0.1) is 17.0 Å². The van der Waals surface area contributed by atoms with Gasteiger partial charge in [-0.25, -0.2) is 4.98 Å². The van der Waals surface area contributed by atoms with E-state index in [9.17, 15) is 10.1 Å². The van der Waals surface area contributed by atoms with E-state index in [1.165, 1.54) is 0 Å². The van der Waals surface area contributed by atoms with E-state index in [1.807, 2.05) is 6.92 Å². The number of rotatable bonds is 5. The van der Waals surface area contributed by atoms with Crippen LogP contribution in [-0.4, -0.2) is 27.0 Å². The molecule has 2 rings (SSSR count). The molecule has 0 bridgehead atoms. The second-order valence-corrected chi connectivity index (χ2v) is 5.51. The number of aryl methyl sites for hydroxylation is 1. The van der Waals surface area contributed by atoms with E-state index in [1.54, 1.807) is 6.92 Å². The van der Waals surface area contributed by atoms with Crippen LogP contribution >= 0.6 is 0 Å². The highest BCUT2D eigenvalue weighted by molar-refractivity contribution is 5.62. The van der Waals surface area contributed by atoms with Gasteiger partial charge in [0.15, 0.2) is 0 Å².